The SMILES string of the molecule is Nc1ccc(-c2ccc(N)c(C[O])c2)cc1. The number of anilines is 2. The predicted molar refractivity (Wildman–Crippen MR) is 65.1 cm³/mol. The first-order valence-electron chi connectivity index (χ1n) is 5.03. The smallest absolute Gasteiger partial charge is 0.109 e. The highest BCUT2D eigenvalue weighted by Crippen LogP contribution is 2.24. The monoisotopic (exact) mass is 213 g/mol. The van der Waals surface area contributed by atoms with Crippen molar-refractivity contribution in [1.82, 2.24) is 0 Å². The Morgan fingerprint density at radius 3 is 2.12 bits per heavy atom. The average molecular weight is 213 g/mol. The largest absolute Gasteiger partial charge is 0.399 e. The summed E-state index contributed by atoms with van der Waals surface area (Å²) < 4.78 is 0. The van der Waals surface area contributed by atoms with Crippen LogP contribution in [0.5, 0.6) is 0 Å². The van der Waals surface area contributed by atoms with Crippen molar-refractivity contribution in [2.75, 3.05) is 11.5 Å². The van der Waals surface area contributed by atoms with E-state index in [0.29, 0.717) is 11.3 Å². The second-order valence-electron chi connectivity index (χ2n) is 3.68. The molecule has 4 N–H and O–H groups in total. The Bertz CT molecular complexity index is 492. The van der Waals surface area contributed by atoms with Crippen LogP contribution in [0.2, 0.25) is 0 Å². The minimum Gasteiger partial charge on any atom is -0.399 e. The van der Waals surface area contributed by atoms with Gasteiger partial charge in [-0.25, -0.2) is 5.11 Å². The molecule has 0 amide bonds. The second kappa shape index (κ2) is 4.24. The van der Waals surface area contributed by atoms with Crippen molar-refractivity contribution in [2.24, 2.45) is 0 Å². The zero-order valence-electron chi connectivity index (χ0n) is 8.81. The summed E-state index contributed by atoms with van der Waals surface area (Å²) in [6.07, 6.45) is 0. The highest BCUT2D eigenvalue weighted by molar-refractivity contribution is 5.69. The van der Waals surface area contributed by atoms with Gasteiger partial charge in [0.15, 0.2) is 0 Å². The zero-order valence-corrected chi connectivity index (χ0v) is 8.81. The maximum atomic E-state index is 10.9. The summed E-state index contributed by atoms with van der Waals surface area (Å²) in [6.45, 7) is -0.297. The van der Waals surface area contributed by atoms with Crippen molar-refractivity contribution in [1.29, 1.82) is 0 Å². The van der Waals surface area contributed by atoms with E-state index in [1.807, 2.05) is 36.4 Å². The topological polar surface area (TPSA) is 71.9 Å². The van der Waals surface area contributed by atoms with E-state index in [9.17, 15) is 5.11 Å². The van der Waals surface area contributed by atoms with Gasteiger partial charge in [0.05, 0.1) is 0 Å². The second-order valence-corrected chi connectivity index (χ2v) is 3.68. The van der Waals surface area contributed by atoms with E-state index in [2.05, 4.69) is 0 Å². The van der Waals surface area contributed by atoms with Gasteiger partial charge in [-0.2, -0.15) is 0 Å². The Kier molecular flexibility index (Phi) is 2.79. The zero-order chi connectivity index (χ0) is 11.5. The molecule has 81 valence electrons. The van der Waals surface area contributed by atoms with Gasteiger partial charge in [-0.1, -0.05) is 18.2 Å². The van der Waals surface area contributed by atoms with Crippen LogP contribution in [0.3, 0.4) is 0 Å². The third kappa shape index (κ3) is 1.99. The maximum Gasteiger partial charge on any atom is 0.109 e. The minimum absolute atomic E-state index is 0.297. The Morgan fingerprint density at radius 1 is 0.875 bits per heavy atom. The van der Waals surface area contributed by atoms with Gasteiger partial charge in [-0.05, 0) is 35.4 Å². The van der Waals surface area contributed by atoms with E-state index in [0.717, 1.165) is 16.8 Å². The van der Waals surface area contributed by atoms with Gasteiger partial charge in [0.25, 0.3) is 0 Å². The molecule has 2 rings (SSSR count). The van der Waals surface area contributed by atoms with E-state index in [1.54, 1.807) is 6.07 Å². The third-order valence-corrected chi connectivity index (χ3v) is 2.54. The molecule has 0 atom stereocenters. The molecule has 0 saturated carbocycles. The molecule has 2 aromatic rings. The van der Waals surface area contributed by atoms with Gasteiger partial charge in [0, 0.05) is 16.9 Å². The van der Waals surface area contributed by atoms with E-state index in [4.69, 9.17) is 11.5 Å². The maximum absolute atomic E-state index is 10.9. The van der Waals surface area contributed by atoms with Crippen LogP contribution in [0.15, 0.2) is 42.5 Å². The Morgan fingerprint density at radius 2 is 1.50 bits per heavy atom. The molecule has 0 aliphatic carbocycles. The first kappa shape index (κ1) is 10.5. The molecule has 16 heavy (non-hydrogen) atoms. The average Bonchev–Trinajstić information content (AvgIpc) is 2.31. The summed E-state index contributed by atoms with van der Waals surface area (Å²) in [5.41, 5.74) is 15.2. The Labute approximate surface area is 94.3 Å². The predicted octanol–water partition coefficient (Wildman–Crippen LogP) is 2.45. The van der Waals surface area contributed by atoms with Crippen molar-refractivity contribution in [3.63, 3.8) is 0 Å². The molecule has 3 heteroatoms. The number of rotatable bonds is 2. The lowest BCUT2D eigenvalue weighted by atomic mass is 10.0. The highest BCUT2D eigenvalue weighted by Gasteiger charge is 2.02. The highest BCUT2D eigenvalue weighted by atomic mass is 16.3. The van der Waals surface area contributed by atoms with E-state index < -0.39 is 0 Å². The van der Waals surface area contributed by atoms with Gasteiger partial charge < -0.3 is 11.5 Å². The molecular formula is C13H13N2O. The van der Waals surface area contributed by atoms with Gasteiger partial charge in [-0.3, -0.25) is 0 Å². The lowest BCUT2D eigenvalue weighted by Gasteiger charge is -2.06. The fourth-order valence-corrected chi connectivity index (χ4v) is 1.59. The van der Waals surface area contributed by atoms with Crippen molar-refractivity contribution >= 4 is 11.4 Å². The van der Waals surface area contributed by atoms with Crippen molar-refractivity contribution in [3.8, 4) is 11.1 Å². The Hall–Kier alpha value is -2.00. The first-order valence-corrected chi connectivity index (χ1v) is 5.03. The summed E-state index contributed by atoms with van der Waals surface area (Å²) in [6, 6.07) is 13.0. The van der Waals surface area contributed by atoms with Crippen LogP contribution < -0.4 is 11.5 Å². The molecule has 0 aliphatic heterocycles. The first-order chi connectivity index (χ1) is 7.70. The van der Waals surface area contributed by atoms with Gasteiger partial charge in [-0.15, -0.1) is 0 Å². The Balaban J connectivity index is 2.44. The van der Waals surface area contributed by atoms with Gasteiger partial charge in [0.1, 0.15) is 6.61 Å². The van der Waals surface area contributed by atoms with Crippen molar-refractivity contribution in [2.45, 2.75) is 6.61 Å². The quantitative estimate of drug-likeness (QED) is 0.752. The summed E-state index contributed by atoms with van der Waals surface area (Å²) in [5, 5.41) is 10.9. The molecule has 0 unspecified atom stereocenters. The third-order valence-electron chi connectivity index (χ3n) is 2.54. The normalized spacial score (nSPS) is 10.3. The molecule has 0 spiro atoms. The number of nitrogen functional groups attached to an aromatic ring is 2. The lowest BCUT2D eigenvalue weighted by Crippen LogP contribution is -1.93. The molecule has 0 aliphatic rings. The van der Waals surface area contributed by atoms with Crippen LogP contribution in [0.1, 0.15) is 5.56 Å². The molecule has 0 saturated heterocycles. The number of hydrogen-bond donors (Lipinski definition) is 2. The van der Waals surface area contributed by atoms with Crippen LogP contribution in [0, 0.1) is 0 Å². The molecule has 3 nitrogen and oxygen atoms in total. The molecule has 1 radical (unpaired) electrons. The van der Waals surface area contributed by atoms with Gasteiger partial charge >= 0.3 is 0 Å². The van der Waals surface area contributed by atoms with E-state index in [-0.39, 0.29) is 6.61 Å². The molecule has 0 aromatic heterocycles. The molecular weight excluding hydrogens is 200 g/mol. The summed E-state index contributed by atoms with van der Waals surface area (Å²) in [7, 11) is 0. The van der Waals surface area contributed by atoms with Crippen LogP contribution in [-0.4, -0.2) is 0 Å². The summed E-state index contributed by atoms with van der Waals surface area (Å²) in [4.78, 5) is 0. The van der Waals surface area contributed by atoms with E-state index in [1.165, 1.54) is 0 Å². The molecule has 0 fully saturated rings. The minimum atomic E-state index is -0.297. The van der Waals surface area contributed by atoms with Crippen molar-refractivity contribution in [3.05, 3.63) is 48.0 Å². The van der Waals surface area contributed by atoms with Gasteiger partial charge in [0.2, 0.25) is 0 Å². The summed E-state index contributed by atoms with van der Waals surface area (Å²) in [5.74, 6) is 0. The van der Waals surface area contributed by atoms with Crippen LogP contribution in [0.25, 0.3) is 11.1 Å². The molecule has 0 bridgehead atoms. The number of nitrogens with two attached hydrogens (primary N) is 2. The standard InChI is InChI=1S/C13H13N2O/c14-12-4-1-9(2-5-12)10-3-6-13(15)11(7-10)8-16/h1-7H,8,14-15H2. The van der Waals surface area contributed by atoms with Crippen LogP contribution in [0.4, 0.5) is 11.4 Å². The molecule has 2 aromatic carbocycles. The van der Waals surface area contributed by atoms with Crippen LogP contribution >= 0.6 is 0 Å². The number of hydrogen-bond acceptors (Lipinski definition) is 2. The number of benzene rings is 2. The fourth-order valence-electron chi connectivity index (χ4n) is 1.59. The molecule has 0 heterocycles. The lowest BCUT2D eigenvalue weighted by molar-refractivity contribution is 0.178. The van der Waals surface area contributed by atoms with Crippen LogP contribution in [-0.2, 0) is 11.7 Å². The fraction of sp³-hybridized carbons (Fsp3) is 0.0769. The van der Waals surface area contributed by atoms with E-state index >= 15 is 0 Å². The summed E-state index contributed by atoms with van der Waals surface area (Å²) >= 11 is 0. The van der Waals surface area contributed by atoms with Crippen molar-refractivity contribution < 1.29 is 5.11 Å².